The number of nitrogens with zero attached hydrogens (tertiary/aromatic N) is 2. The van der Waals surface area contributed by atoms with Crippen LogP contribution in [-0.2, 0) is 16.9 Å². The van der Waals surface area contributed by atoms with Crippen molar-refractivity contribution in [2.45, 2.75) is 18.5 Å². The van der Waals surface area contributed by atoms with Crippen LogP contribution >= 0.6 is 0 Å². The molecule has 2 aliphatic heterocycles. The topological polar surface area (TPSA) is 84.7 Å². The van der Waals surface area contributed by atoms with Gasteiger partial charge in [-0.3, -0.25) is 9.69 Å². The zero-order valence-corrected chi connectivity index (χ0v) is 15.2. The van der Waals surface area contributed by atoms with Gasteiger partial charge in [-0.25, -0.2) is 14.2 Å². The highest BCUT2D eigenvalue weighted by atomic mass is 19.1. The Morgan fingerprint density at radius 1 is 1.14 bits per heavy atom. The summed E-state index contributed by atoms with van der Waals surface area (Å²) in [6.45, 7) is 0.223. The highest BCUT2D eigenvalue weighted by molar-refractivity contribution is 6.07. The number of imide groups is 1. The lowest BCUT2D eigenvalue weighted by molar-refractivity contribution is -0.133. The summed E-state index contributed by atoms with van der Waals surface area (Å²) in [5.74, 6) is 0.516. The van der Waals surface area contributed by atoms with E-state index in [0.717, 1.165) is 4.90 Å². The molecule has 8 heteroatoms. The Bertz CT molecular complexity index is 1110. The first-order valence-corrected chi connectivity index (χ1v) is 9.14. The van der Waals surface area contributed by atoms with Crippen LogP contribution in [0.25, 0.3) is 11.3 Å². The molecule has 7 nitrogen and oxygen atoms in total. The van der Waals surface area contributed by atoms with Crippen molar-refractivity contribution in [2.24, 2.45) is 0 Å². The van der Waals surface area contributed by atoms with E-state index in [-0.39, 0.29) is 24.2 Å². The van der Waals surface area contributed by atoms with Gasteiger partial charge in [0.15, 0.2) is 11.3 Å². The molecular weight excluding hydrogens is 377 g/mol. The van der Waals surface area contributed by atoms with Crippen LogP contribution in [-0.4, -0.2) is 28.4 Å². The number of amides is 3. The number of nitrogens with one attached hydrogen (secondary N) is 1. The van der Waals surface area contributed by atoms with Crippen molar-refractivity contribution >= 4 is 11.9 Å². The summed E-state index contributed by atoms with van der Waals surface area (Å²) in [7, 11) is 0. The third kappa shape index (κ3) is 2.75. The number of carbonyl (C=O) groups excluding carboxylic acids is 2. The fourth-order valence-electron chi connectivity index (χ4n) is 3.78. The number of rotatable bonds is 3. The molecule has 3 amide bonds. The molecule has 1 fully saturated rings. The number of hydrogen-bond acceptors (Lipinski definition) is 5. The minimum Gasteiger partial charge on any atom is -0.493 e. The van der Waals surface area contributed by atoms with E-state index in [4.69, 9.17) is 9.15 Å². The second-order valence-corrected chi connectivity index (χ2v) is 6.95. The van der Waals surface area contributed by atoms with Crippen LogP contribution in [0.5, 0.6) is 5.75 Å². The minimum absolute atomic E-state index is 0.101. The predicted molar refractivity (Wildman–Crippen MR) is 99.2 cm³/mol. The molecule has 146 valence electrons. The van der Waals surface area contributed by atoms with Crippen molar-refractivity contribution in [2.75, 3.05) is 6.61 Å². The van der Waals surface area contributed by atoms with E-state index in [1.54, 1.807) is 30.3 Å². The highest BCUT2D eigenvalue weighted by Gasteiger charge is 2.55. The van der Waals surface area contributed by atoms with E-state index < -0.39 is 11.6 Å². The third-order valence-electron chi connectivity index (χ3n) is 5.23. The number of ether oxygens (including phenoxy) is 1. The molecule has 1 unspecified atom stereocenters. The van der Waals surface area contributed by atoms with Gasteiger partial charge in [0.1, 0.15) is 18.1 Å². The summed E-state index contributed by atoms with van der Waals surface area (Å²) < 4.78 is 24.4. The van der Waals surface area contributed by atoms with Crippen molar-refractivity contribution in [3.05, 3.63) is 72.0 Å². The number of halogens is 1. The van der Waals surface area contributed by atoms with Gasteiger partial charge >= 0.3 is 6.03 Å². The standard InChI is InChI=1S/C21H16FN3O4/c22-14-7-5-13(6-8-14)17-11-23-18(29-17)12-25-19(26)21(24-20(25)27)9-10-28-16-4-2-1-3-15(16)21/h1-8,11H,9-10,12H2,(H,24,27). The fourth-order valence-corrected chi connectivity index (χ4v) is 3.78. The molecule has 3 heterocycles. The molecule has 0 aliphatic carbocycles. The summed E-state index contributed by atoms with van der Waals surface area (Å²) in [5.41, 5.74) is 0.155. The Kier molecular flexibility index (Phi) is 3.87. The van der Waals surface area contributed by atoms with Crippen molar-refractivity contribution in [1.29, 1.82) is 0 Å². The van der Waals surface area contributed by atoms with E-state index in [1.807, 2.05) is 6.07 Å². The largest absolute Gasteiger partial charge is 0.493 e. The predicted octanol–water partition coefficient (Wildman–Crippen LogP) is 3.21. The van der Waals surface area contributed by atoms with Crippen LogP contribution in [0.15, 0.2) is 59.1 Å². The lowest BCUT2D eigenvalue weighted by atomic mass is 9.84. The van der Waals surface area contributed by atoms with E-state index in [0.29, 0.717) is 35.7 Å². The van der Waals surface area contributed by atoms with Crippen molar-refractivity contribution in [3.8, 4) is 17.1 Å². The molecule has 0 saturated carbocycles. The molecule has 1 atom stereocenters. The number of carbonyl (C=O) groups is 2. The molecule has 29 heavy (non-hydrogen) atoms. The Morgan fingerprint density at radius 2 is 1.93 bits per heavy atom. The van der Waals surface area contributed by atoms with Gasteiger partial charge in [0.05, 0.1) is 12.8 Å². The van der Waals surface area contributed by atoms with Crippen LogP contribution in [0.3, 0.4) is 0 Å². The second kappa shape index (κ2) is 6.44. The first-order valence-electron chi connectivity index (χ1n) is 9.14. The highest BCUT2D eigenvalue weighted by Crippen LogP contribution is 2.41. The molecule has 2 aliphatic rings. The molecule has 1 N–H and O–H groups in total. The van der Waals surface area contributed by atoms with Crippen LogP contribution in [0, 0.1) is 5.82 Å². The van der Waals surface area contributed by atoms with Crippen LogP contribution in [0.1, 0.15) is 17.9 Å². The first kappa shape index (κ1) is 17.4. The Hall–Kier alpha value is -3.68. The smallest absolute Gasteiger partial charge is 0.325 e. The summed E-state index contributed by atoms with van der Waals surface area (Å²) >= 11 is 0. The molecule has 1 aromatic heterocycles. The van der Waals surface area contributed by atoms with Crippen LogP contribution in [0.4, 0.5) is 9.18 Å². The summed E-state index contributed by atoms with van der Waals surface area (Å²) in [5, 5.41) is 2.84. The molecule has 0 radical (unpaired) electrons. The maximum atomic E-state index is 13.3. The molecule has 1 spiro atoms. The van der Waals surface area contributed by atoms with Gasteiger partial charge in [-0.2, -0.15) is 0 Å². The maximum Gasteiger partial charge on any atom is 0.325 e. The number of hydrogen-bond donors (Lipinski definition) is 1. The average Bonchev–Trinajstić information content (AvgIpc) is 3.29. The van der Waals surface area contributed by atoms with E-state index in [1.165, 1.54) is 18.3 Å². The zero-order chi connectivity index (χ0) is 20.0. The van der Waals surface area contributed by atoms with Crippen molar-refractivity contribution < 1.29 is 23.1 Å². The quantitative estimate of drug-likeness (QED) is 0.691. The van der Waals surface area contributed by atoms with Gasteiger partial charge in [-0.15, -0.1) is 0 Å². The fraction of sp³-hybridized carbons (Fsp3) is 0.190. The van der Waals surface area contributed by atoms with E-state index in [2.05, 4.69) is 10.3 Å². The van der Waals surface area contributed by atoms with Gasteiger partial charge in [-0.05, 0) is 30.3 Å². The Balaban J connectivity index is 1.42. The van der Waals surface area contributed by atoms with Gasteiger partial charge < -0.3 is 14.5 Å². The minimum atomic E-state index is -1.14. The van der Waals surface area contributed by atoms with Crippen LogP contribution in [0.2, 0.25) is 0 Å². The number of oxazole rings is 1. The van der Waals surface area contributed by atoms with Gasteiger partial charge in [-0.1, -0.05) is 18.2 Å². The van der Waals surface area contributed by atoms with Gasteiger partial charge in [0.25, 0.3) is 5.91 Å². The van der Waals surface area contributed by atoms with Crippen LogP contribution < -0.4 is 10.1 Å². The summed E-state index contributed by atoms with van der Waals surface area (Å²) in [6.07, 6.45) is 1.83. The second-order valence-electron chi connectivity index (χ2n) is 6.95. The summed E-state index contributed by atoms with van der Waals surface area (Å²) in [4.78, 5) is 31.1. The third-order valence-corrected chi connectivity index (χ3v) is 5.23. The molecule has 1 saturated heterocycles. The summed E-state index contributed by atoms with van der Waals surface area (Å²) in [6, 6.07) is 12.5. The molecule has 5 rings (SSSR count). The molecule has 2 aromatic carbocycles. The number of aromatic nitrogens is 1. The van der Waals surface area contributed by atoms with E-state index in [9.17, 15) is 14.0 Å². The van der Waals surface area contributed by atoms with Crippen molar-refractivity contribution in [1.82, 2.24) is 15.2 Å². The van der Waals surface area contributed by atoms with Gasteiger partial charge in [0.2, 0.25) is 5.89 Å². The maximum absolute atomic E-state index is 13.3. The number of fused-ring (bicyclic) bond motifs is 2. The number of para-hydroxylation sites is 1. The van der Waals surface area contributed by atoms with E-state index >= 15 is 0 Å². The monoisotopic (exact) mass is 393 g/mol. The van der Waals surface area contributed by atoms with Gasteiger partial charge in [0, 0.05) is 17.5 Å². The van der Waals surface area contributed by atoms with Crippen molar-refractivity contribution in [3.63, 3.8) is 0 Å². The average molecular weight is 393 g/mol. The molecular formula is C21H16FN3O4. The Morgan fingerprint density at radius 3 is 2.76 bits per heavy atom. The SMILES string of the molecule is O=C1NC2(CCOc3ccccc32)C(=O)N1Cc1ncc(-c2ccc(F)cc2)o1. The first-order chi connectivity index (χ1) is 14.1. The lowest BCUT2D eigenvalue weighted by Crippen LogP contribution is -2.47. The molecule has 3 aromatic rings. The molecule has 0 bridgehead atoms. The normalized spacial score (nSPS) is 20.5. The number of urea groups is 1. The number of benzene rings is 2. The lowest BCUT2D eigenvalue weighted by Gasteiger charge is -2.33. The zero-order valence-electron chi connectivity index (χ0n) is 15.2. The Labute approximate surface area is 165 Å².